The molecule has 0 aliphatic carbocycles. The molecule has 0 unspecified atom stereocenters. The van der Waals surface area contributed by atoms with Crippen LogP contribution in [0.4, 0.5) is 0 Å². The highest BCUT2D eigenvalue weighted by atomic mass is 32.2. The number of rotatable bonds is 10. The molecule has 0 spiro atoms. The normalized spacial score (nSPS) is 13.1. The Morgan fingerprint density at radius 3 is 2.07 bits per heavy atom. The highest BCUT2D eigenvalue weighted by Crippen LogP contribution is 2.17. The molecule has 0 aliphatic heterocycles. The molecule has 0 fully saturated rings. The molecular formula is C20H26N2O6S2. The summed E-state index contributed by atoms with van der Waals surface area (Å²) < 4.78 is 57.3. The highest BCUT2D eigenvalue weighted by Gasteiger charge is 2.28. The van der Waals surface area contributed by atoms with Crippen LogP contribution in [0.3, 0.4) is 0 Å². The zero-order chi connectivity index (χ0) is 22.4. The van der Waals surface area contributed by atoms with Gasteiger partial charge in [0.25, 0.3) is 0 Å². The van der Waals surface area contributed by atoms with Crippen molar-refractivity contribution in [1.82, 2.24) is 10.0 Å². The lowest BCUT2D eigenvalue weighted by atomic mass is 10.1. The van der Waals surface area contributed by atoms with Crippen LogP contribution in [0.5, 0.6) is 5.75 Å². The van der Waals surface area contributed by atoms with E-state index in [-0.39, 0.29) is 28.0 Å². The molecule has 10 heteroatoms. The van der Waals surface area contributed by atoms with E-state index in [0.717, 1.165) is 0 Å². The number of hydrogen-bond acceptors (Lipinski definition) is 6. The maximum Gasteiger partial charge on any atom is 0.241 e. The summed E-state index contributed by atoms with van der Waals surface area (Å²) in [6.07, 6.45) is 0. The molecule has 0 aromatic heterocycles. The van der Waals surface area contributed by atoms with Crippen molar-refractivity contribution in [1.29, 1.82) is 0 Å². The molecule has 30 heavy (non-hydrogen) atoms. The minimum atomic E-state index is -3.96. The Labute approximate surface area is 177 Å². The standard InChI is InChI=1S/C20H26N2O6S2/c1-15(2)19(22-30(26,27)18-11-9-16(28-3)10-12-18)20(23)21-13-14-29(24,25)17-7-5-4-6-8-17/h4-12,15,19,22H,13-14H2,1-3H3,(H,21,23)/t19-/m0/s1. The van der Waals surface area contributed by atoms with Gasteiger partial charge in [0.2, 0.25) is 15.9 Å². The van der Waals surface area contributed by atoms with E-state index in [2.05, 4.69) is 10.0 Å². The second kappa shape index (κ2) is 10.1. The largest absolute Gasteiger partial charge is 0.497 e. The molecule has 0 saturated carbocycles. The van der Waals surface area contributed by atoms with E-state index in [1.807, 2.05) is 0 Å². The van der Waals surface area contributed by atoms with Crippen LogP contribution in [0.1, 0.15) is 13.8 Å². The summed E-state index contributed by atoms with van der Waals surface area (Å²) in [4.78, 5) is 12.7. The second-order valence-corrected chi connectivity index (χ2v) is 10.8. The third kappa shape index (κ3) is 6.28. The molecule has 2 aromatic rings. The fourth-order valence-corrected chi connectivity index (χ4v) is 5.17. The molecule has 2 aromatic carbocycles. The number of benzene rings is 2. The first-order chi connectivity index (χ1) is 14.1. The first-order valence-electron chi connectivity index (χ1n) is 9.29. The molecule has 1 amide bonds. The van der Waals surface area contributed by atoms with E-state index >= 15 is 0 Å². The van der Waals surface area contributed by atoms with Crippen LogP contribution in [0.25, 0.3) is 0 Å². The number of carbonyl (C=O) groups excluding carboxylic acids is 1. The van der Waals surface area contributed by atoms with Gasteiger partial charge in [-0.2, -0.15) is 4.72 Å². The van der Waals surface area contributed by atoms with Crippen molar-refractivity contribution in [3.05, 3.63) is 54.6 Å². The lowest BCUT2D eigenvalue weighted by Gasteiger charge is -2.21. The molecule has 1 atom stereocenters. The Kier molecular flexibility index (Phi) is 7.99. The van der Waals surface area contributed by atoms with Crippen LogP contribution in [0, 0.1) is 5.92 Å². The van der Waals surface area contributed by atoms with E-state index in [0.29, 0.717) is 5.75 Å². The van der Waals surface area contributed by atoms with Gasteiger partial charge in [0.05, 0.1) is 22.7 Å². The quantitative estimate of drug-likeness (QED) is 0.563. The van der Waals surface area contributed by atoms with E-state index in [1.165, 1.54) is 43.5 Å². The maximum absolute atomic E-state index is 12.6. The molecule has 8 nitrogen and oxygen atoms in total. The van der Waals surface area contributed by atoms with Gasteiger partial charge in [0.1, 0.15) is 11.8 Å². The summed E-state index contributed by atoms with van der Waals surface area (Å²) in [7, 11) is -6.04. The number of methoxy groups -OCH3 is 1. The van der Waals surface area contributed by atoms with E-state index in [4.69, 9.17) is 4.74 Å². The van der Waals surface area contributed by atoms with Gasteiger partial charge in [-0.25, -0.2) is 16.8 Å². The second-order valence-electron chi connectivity index (χ2n) is 6.94. The SMILES string of the molecule is COc1ccc(S(=O)(=O)N[C@H](C(=O)NCCS(=O)(=O)c2ccccc2)C(C)C)cc1. The predicted molar refractivity (Wildman–Crippen MR) is 113 cm³/mol. The average Bonchev–Trinajstić information content (AvgIpc) is 2.72. The minimum Gasteiger partial charge on any atom is -0.497 e. The van der Waals surface area contributed by atoms with Crippen LogP contribution >= 0.6 is 0 Å². The number of sulfone groups is 1. The molecule has 0 heterocycles. The number of amides is 1. The van der Waals surface area contributed by atoms with Crippen molar-refractivity contribution in [3.8, 4) is 5.75 Å². The maximum atomic E-state index is 12.6. The third-order valence-corrected chi connectivity index (χ3v) is 7.56. The summed E-state index contributed by atoms with van der Waals surface area (Å²) in [5.41, 5.74) is 0. The molecule has 2 N–H and O–H groups in total. The Morgan fingerprint density at radius 2 is 1.53 bits per heavy atom. The van der Waals surface area contributed by atoms with Crippen molar-refractivity contribution in [3.63, 3.8) is 0 Å². The molecule has 0 aliphatic rings. The molecule has 0 radical (unpaired) electrons. The summed E-state index contributed by atoms with van der Waals surface area (Å²) in [5.74, 6) is -0.737. The van der Waals surface area contributed by atoms with Crippen LogP contribution < -0.4 is 14.8 Å². The zero-order valence-electron chi connectivity index (χ0n) is 17.0. The summed E-state index contributed by atoms with van der Waals surface area (Å²) in [5, 5.41) is 2.52. The smallest absolute Gasteiger partial charge is 0.241 e. The number of sulfonamides is 1. The van der Waals surface area contributed by atoms with Gasteiger partial charge >= 0.3 is 0 Å². The monoisotopic (exact) mass is 454 g/mol. The lowest BCUT2D eigenvalue weighted by molar-refractivity contribution is -0.123. The third-order valence-electron chi connectivity index (χ3n) is 4.37. The number of carbonyl (C=O) groups is 1. The Balaban J connectivity index is 2.04. The Hall–Kier alpha value is -2.43. The molecule has 0 saturated heterocycles. The highest BCUT2D eigenvalue weighted by molar-refractivity contribution is 7.91. The summed E-state index contributed by atoms with van der Waals surface area (Å²) in [6.45, 7) is 3.26. The molecule has 0 bridgehead atoms. The van der Waals surface area contributed by atoms with Crippen molar-refractivity contribution in [2.45, 2.75) is 29.7 Å². The van der Waals surface area contributed by atoms with Crippen molar-refractivity contribution < 1.29 is 26.4 Å². The number of nitrogens with one attached hydrogen (secondary N) is 2. The fourth-order valence-electron chi connectivity index (χ4n) is 2.65. The summed E-state index contributed by atoms with van der Waals surface area (Å²) >= 11 is 0. The topological polar surface area (TPSA) is 119 Å². The molecule has 164 valence electrons. The van der Waals surface area contributed by atoms with Gasteiger partial charge in [0.15, 0.2) is 9.84 Å². The fraction of sp³-hybridized carbons (Fsp3) is 0.350. The summed E-state index contributed by atoms with van der Waals surface area (Å²) in [6, 6.07) is 12.6. The average molecular weight is 455 g/mol. The first kappa shape index (κ1) is 23.8. The Bertz CT molecular complexity index is 1050. The van der Waals surface area contributed by atoms with Gasteiger partial charge in [-0.3, -0.25) is 4.79 Å². The van der Waals surface area contributed by atoms with Crippen molar-refractivity contribution >= 4 is 25.8 Å². The van der Waals surface area contributed by atoms with Crippen LogP contribution in [-0.4, -0.2) is 48.2 Å². The van der Waals surface area contributed by atoms with Gasteiger partial charge in [-0.05, 0) is 42.3 Å². The predicted octanol–water partition coefficient (Wildman–Crippen LogP) is 1.59. The van der Waals surface area contributed by atoms with Gasteiger partial charge < -0.3 is 10.1 Å². The van der Waals surface area contributed by atoms with Crippen LogP contribution in [0.2, 0.25) is 0 Å². The van der Waals surface area contributed by atoms with Gasteiger partial charge in [-0.1, -0.05) is 32.0 Å². The van der Waals surface area contributed by atoms with E-state index < -0.39 is 31.8 Å². The van der Waals surface area contributed by atoms with Crippen molar-refractivity contribution in [2.24, 2.45) is 5.92 Å². The minimum absolute atomic E-state index is 0.00611. The first-order valence-corrected chi connectivity index (χ1v) is 12.4. The van der Waals surface area contributed by atoms with Crippen molar-refractivity contribution in [2.75, 3.05) is 19.4 Å². The van der Waals surface area contributed by atoms with Gasteiger partial charge in [0, 0.05) is 6.54 Å². The zero-order valence-corrected chi connectivity index (χ0v) is 18.7. The Morgan fingerprint density at radius 1 is 0.933 bits per heavy atom. The van der Waals surface area contributed by atoms with Gasteiger partial charge in [-0.15, -0.1) is 0 Å². The number of ether oxygens (including phenoxy) is 1. The molecule has 2 rings (SSSR count). The van der Waals surface area contributed by atoms with Crippen LogP contribution in [-0.2, 0) is 24.7 Å². The molecular weight excluding hydrogens is 428 g/mol. The van der Waals surface area contributed by atoms with E-state index in [1.54, 1.807) is 32.0 Å². The van der Waals surface area contributed by atoms with E-state index in [9.17, 15) is 21.6 Å². The number of hydrogen-bond donors (Lipinski definition) is 2. The lowest BCUT2D eigenvalue weighted by Crippen LogP contribution is -2.50. The van der Waals surface area contributed by atoms with Crippen LogP contribution in [0.15, 0.2) is 64.4 Å².